The SMILES string of the molecule is CCN(CC)c1cc(I)c(C2=Nc3cccc4cccc(c34)S2)cc1I. The molecule has 0 aliphatic carbocycles. The van der Waals surface area contributed by atoms with Crippen molar-refractivity contribution in [1.29, 1.82) is 0 Å². The first kappa shape index (κ1) is 18.6. The minimum atomic E-state index is 1.02. The Hall–Kier alpha value is -0.800. The van der Waals surface area contributed by atoms with E-state index in [1.54, 1.807) is 11.8 Å². The summed E-state index contributed by atoms with van der Waals surface area (Å²) in [5.74, 6) is 0. The number of hydrogen-bond acceptors (Lipinski definition) is 3. The second-order valence-electron chi connectivity index (χ2n) is 6.11. The maximum Gasteiger partial charge on any atom is 0.110 e. The molecule has 5 heteroatoms. The van der Waals surface area contributed by atoms with Crippen molar-refractivity contribution < 1.29 is 0 Å². The van der Waals surface area contributed by atoms with E-state index in [2.05, 4.69) is 112 Å². The molecule has 26 heavy (non-hydrogen) atoms. The summed E-state index contributed by atoms with van der Waals surface area (Å²) in [6, 6.07) is 17.5. The van der Waals surface area contributed by atoms with Gasteiger partial charge in [0.15, 0.2) is 0 Å². The van der Waals surface area contributed by atoms with Gasteiger partial charge in [-0.3, -0.25) is 0 Å². The molecule has 1 aliphatic rings. The molecule has 0 fully saturated rings. The van der Waals surface area contributed by atoms with Crippen LogP contribution in [-0.2, 0) is 0 Å². The minimum Gasteiger partial charge on any atom is -0.371 e. The molecule has 0 amide bonds. The van der Waals surface area contributed by atoms with Crippen molar-refractivity contribution in [3.05, 3.63) is 61.2 Å². The Morgan fingerprint density at radius 1 is 0.962 bits per heavy atom. The average Bonchev–Trinajstić information content (AvgIpc) is 2.65. The van der Waals surface area contributed by atoms with Crippen LogP contribution in [-0.4, -0.2) is 18.1 Å². The van der Waals surface area contributed by atoms with Crippen molar-refractivity contribution >= 4 is 84.1 Å². The molecule has 0 aromatic heterocycles. The summed E-state index contributed by atoms with van der Waals surface area (Å²) in [7, 11) is 0. The van der Waals surface area contributed by atoms with E-state index in [-0.39, 0.29) is 0 Å². The first-order chi connectivity index (χ1) is 12.6. The molecule has 0 bridgehead atoms. The third kappa shape index (κ3) is 3.26. The topological polar surface area (TPSA) is 15.6 Å². The summed E-state index contributed by atoms with van der Waals surface area (Å²) in [6.45, 7) is 6.46. The van der Waals surface area contributed by atoms with Crippen LogP contribution in [0.4, 0.5) is 11.4 Å². The number of benzene rings is 3. The third-order valence-electron chi connectivity index (χ3n) is 4.64. The zero-order chi connectivity index (χ0) is 18.3. The zero-order valence-corrected chi connectivity index (χ0v) is 19.7. The molecule has 0 unspecified atom stereocenters. The van der Waals surface area contributed by atoms with Gasteiger partial charge in [0.25, 0.3) is 0 Å². The highest BCUT2D eigenvalue weighted by Gasteiger charge is 2.20. The molecule has 0 N–H and O–H groups in total. The van der Waals surface area contributed by atoms with Crippen LogP contribution in [0, 0.1) is 7.14 Å². The highest BCUT2D eigenvalue weighted by molar-refractivity contribution is 14.1. The Balaban J connectivity index is 1.83. The average molecular weight is 584 g/mol. The van der Waals surface area contributed by atoms with Gasteiger partial charge in [-0.25, -0.2) is 4.99 Å². The number of hydrogen-bond donors (Lipinski definition) is 0. The fraction of sp³-hybridized carbons (Fsp3) is 0.190. The van der Waals surface area contributed by atoms with Crippen molar-refractivity contribution in [2.45, 2.75) is 18.7 Å². The lowest BCUT2D eigenvalue weighted by Crippen LogP contribution is -2.23. The fourth-order valence-corrected chi connectivity index (χ4v) is 6.12. The van der Waals surface area contributed by atoms with E-state index in [0.29, 0.717) is 0 Å². The first-order valence-electron chi connectivity index (χ1n) is 8.65. The summed E-state index contributed by atoms with van der Waals surface area (Å²) in [6.07, 6.45) is 0. The Morgan fingerprint density at radius 2 is 1.69 bits per heavy atom. The molecule has 3 aromatic carbocycles. The molecule has 132 valence electrons. The van der Waals surface area contributed by atoms with Crippen LogP contribution in [0.5, 0.6) is 0 Å². The normalized spacial score (nSPS) is 13.0. The van der Waals surface area contributed by atoms with Crippen molar-refractivity contribution in [3.8, 4) is 0 Å². The number of thioether (sulfide) groups is 1. The summed E-state index contributed by atoms with van der Waals surface area (Å²) in [5.41, 5.74) is 3.61. The van der Waals surface area contributed by atoms with Gasteiger partial charge in [-0.15, -0.1) is 0 Å². The Kier molecular flexibility index (Phi) is 5.48. The second-order valence-corrected chi connectivity index (χ2v) is 9.46. The van der Waals surface area contributed by atoms with Gasteiger partial charge >= 0.3 is 0 Å². The molecule has 1 aliphatic heterocycles. The quantitative estimate of drug-likeness (QED) is 0.305. The van der Waals surface area contributed by atoms with E-state index in [0.717, 1.165) is 23.8 Å². The van der Waals surface area contributed by atoms with Crippen LogP contribution in [0.3, 0.4) is 0 Å². The molecular weight excluding hydrogens is 566 g/mol. The first-order valence-corrected chi connectivity index (χ1v) is 11.6. The third-order valence-corrected chi connectivity index (χ3v) is 7.47. The van der Waals surface area contributed by atoms with Crippen molar-refractivity contribution in [3.63, 3.8) is 0 Å². The highest BCUT2D eigenvalue weighted by atomic mass is 127. The number of halogens is 2. The van der Waals surface area contributed by atoms with Gasteiger partial charge in [-0.05, 0) is 88.7 Å². The number of rotatable bonds is 4. The molecule has 2 nitrogen and oxygen atoms in total. The van der Waals surface area contributed by atoms with Crippen molar-refractivity contribution in [2.24, 2.45) is 4.99 Å². The maximum absolute atomic E-state index is 5.01. The van der Waals surface area contributed by atoms with Crippen LogP contribution >= 0.6 is 56.9 Å². The molecule has 0 atom stereocenters. The van der Waals surface area contributed by atoms with Crippen LogP contribution in [0.2, 0.25) is 0 Å². The second kappa shape index (κ2) is 7.67. The Morgan fingerprint density at radius 3 is 2.42 bits per heavy atom. The van der Waals surface area contributed by atoms with E-state index >= 15 is 0 Å². The lowest BCUT2D eigenvalue weighted by atomic mass is 10.1. The smallest absolute Gasteiger partial charge is 0.110 e. The molecule has 4 rings (SSSR count). The van der Waals surface area contributed by atoms with E-state index < -0.39 is 0 Å². The molecular formula is C21H18I2N2S. The number of anilines is 1. The summed E-state index contributed by atoms with van der Waals surface area (Å²) in [5, 5.41) is 3.62. The number of aliphatic imine (C=N–C) groups is 1. The van der Waals surface area contributed by atoms with Gasteiger partial charge in [0.2, 0.25) is 0 Å². The summed E-state index contributed by atoms with van der Waals surface area (Å²) >= 11 is 6.69. The van der Waals surface area contributed by atoms with Gasteiger partial charge in [0, 0.05) is 36.1 Å². The van der Waals surface area contributed by atoms with E-state index in [1.165, 1.54) is 34.1 Å². The lowest BCUT2D eigenvalue weighted by Gasteiger charge is -2.24. The Bertz CT molecular complexity index is 1020. The molecule has 3 aromatic rings. The van der Waals surface area contributed by atoms with E-state index in [9.17, 15) is 0 Å². The maximum atomic E-state index is 5.01. The molecule has 0 saturated heterocycles. The van der Waals surface area contributed by atoms with Gasteiger partial charge < -0.3 is 4.90 Å². The van der Waals surface area contributed by atoms with E-state index in [4.69, 9.17) is 4.99 Å². The predicted molar refractivity (Wildman–Crippen MR) is 131 cm³/mol. The molecule has 0 spiro atoms. The van der Waals surface area contributed by atoms with Gasteiger partial charge in [0.1, 0.15) is 5.04 Å². The predicted octanol–water partition coefficient (Wildman–Crippen LogP) is 7.08. The Labute approximate surface area is 185 Å². The zero-order valence-electron chi connectivity index (χ0n) is 14.6. The summed E-state index contributed by atoms with van der Waals surface area (Å²) < 4.78 is 2.53. The van der Waals surface area contributed by atoms with Crippen LogP contribution in [0.1, 0.15) is 19.4 Å². The summed E-state index contributed by atoms with van der Waals surface area (Å²) in [4.78, 5) is 8.70. The van der Waals surface area contributed by atoms with Gasteiger partial charge in [-0.1, -0.05) is 36.0 Å². The minimum absolute atomic E-state index is 1.02. The van der Waals surface area contributed by atoms with Crippen LogP contribution in [0.15, 0.2) is 58.4 Å². The van der Waals surface area contributed by atoms with Crippen molar-refractivity contribution in [1.82, 2.24) is 0 Å². The van der Waals surface area contributed by atoms with Gasteiger partial charge in [-0.2, -0.15) is 0 Å². The largest absolute Gasteiger partial charge is 0.371 e. The molecule has 1 heterocycles. The monoisotopic (exact) mass is 584 g/mol. The van der Waals surface area contributed by atoms with Crippen LogP contribution < -0.4 is 4.90 Å². The molecule has 0 radical (unpaired) electrons. The van der Waals surface area contributed by atoms with Crippen LogP contribution in [0.25, 0.3) is 10.8 Å². The lowest BCUT2D eigenvalue weighted by molar-refractivity contribution is 0.863. The van der Waals surface area contributed by atoms with E-state index in [1.807, 2.05) is 0 Å². The fourth-order valence-electron chi connectivity index (χ4n) is 3.32. The highest BCUT2D eigenvalue weighted by Crippen LogP contribution is 2.42. The molecule has 0 saturated carbocycles. The van der Waals surface area contributed by atoms with Gasteiger partial charge in [0.05, 0.1) is 11.4 Å². The standard InChI is InChI=1S/C21H18I2N2S/c1-3-25(4-2)18-12-15(22)14(11-16(18)23)21-24-17-9-5-7-13-8-6-10-19(26-21)20(13)17/h5-12H,3-4H2,1-2H3. The number of nitrogens with zero attached hydrogens (tertiary/aromatic N) is 2. The van der Waals surface area contributed by atoms with Crippen molar-refractivity contribution in [2.75, 3.05) is 18.0 Å².